The van der Waals surface area contributed by atoms with E-state index >= 15 is 0 Å². The smallest absolute Gasteiger partial charge is 0.247 e. The van der Waals surface area contributed by atoms with Crippen LogP contribution in [0, 0.1) is 6.92 Å². The molecule has 2 aromatic carbocycles. The number of methoxy groups -OCH3 is 1. The summed E-state index contributed by atoms with van der Waals surface area (Å²) in [4.78, 5) is 12.1. The van der Waals surface area contributed by atoms with Gasteiger partial charge in [0.2, 0.25) is 15.9 Å². The average molecular weight is 427 g/mol. The Morgan fingerprint density at radius 2 is 1.84 bits per heavy atom. The Kier molecular flexibility index (Phi) is 6.21. The molecule has 0 spiro atoms. The van der Waals surface area contributed by atoms with Gasteiger partial charge in [-0.05, 0) is 37.3 Å². The number of halogens is 1. The van der Waals surface area contributed by atoms with Crippen molar-refractivity contribution in [3.63, 3.8) is 0 Å². The van der Waals surface area contributed by atoms with E-state index in [2.05, 4.69) is 21.2 Å². The van der Waals surface area contributed by atoms with E-state index < -0.39 is 15.9 Å². The predicted octanol–water partition coefficient (Wildman–Crippen LogP) is 3.03. The van der Waals surface area contributed by atoms with Gasteiger partial charge < -0.3 is 10.1 Å². The first-order valence-corrected chi connectivity index (χ1v) is 9.63. The molecular weight excluding hydrogens is 408 g/mol. The van der Waals surface area contributed by atoms with E-state index in [1.54, 1.807) is 24.3 Å². The topological polar surface area (TPSA) is 75.7 Å². The Balaban J connectivity index is 2.16. The lowest BCUT2D eigenvalue weighted by Crippen LogP contribution is -2.35. The number of ether oxygens (including phenoxy) is 1. The Morgan fingerprint density at radius 3 is 2.44 bits per heavy atom. The van der Waals surface area contributed by atoms with Crippen LogP contribution in [0.4, 0.5) is 5.69 Å². The molecule has 1 amide bonds. The maximum Gasteiger partial charge on any atom is 0.247 e. The van der Waals surface area contributed by atoms with Crippen LogP contribution in [0.5, 0.6) is 5.75 Å². The summed E-state index contributed by atoms with van der Waals surface area (Å²) in [5, 5.41) is 2.68. The van der Waals surface area contributed by atoms with Gasteiger partial charge in [-0.15, -0.1) is 0 Å². The van der Waals surface area contributed by atoms with E-state index in [1.165, 1.54) is 20.2 Å². The van der Waals surface area contributed by atoms with Crippen LogP contribution in [0.25, 0.3) is 0 Å². The molecule has 0 fully saturated rings. The molecule has 0 aliphatic rings. The number of rotatable bonds is 6. The number of hydrogen-bond acceptors (Lipinski definition) is 4. The molecule has 8 heteroatoms. The molecule has 0 aromatic heterocycles. The van der Waals surface area contributed by atoms with Crippen LogP contribution < -0.4 is 10.1 Å². The normalized spacial score (nSPS) is 11.4. The quantitative estimate of drug-likeness (QED) is 0.769. The third kappa shape index (κ3) is 4.81. The molecule has 0 radical (unpaired) electrons. The van der Waals surface area contributed by atoms with Crippen molar-refractivity contribution in [1.82, 2.24) is 4.31 Å². The molecule has 0 aliphatic heterocycles. The van der Waals surface area contributed by atoms with Crippen molar-refractivity contribution in [1.29, 1.82) is 0 Å². The highest BCUT2D eigenvalue weighted by Gasteiger charge is 2.26. The summed E-state index contributed by atoms with van der Waals surface area (Å²) in [6.07, 6.45) is 0. The van der Waals surface area contributed by atoms with Crippen LogP contribution in [0.2, 0.25) is 0 Å². The zero-order chi connectivity index (χ0) is 18.6. The van der Waals surface area contributed by atoms with E-state index in [1.807, 2.05) is 19.1 Å². The van der Waals surface area contributed by atoms with Crippen LogP contribution in [0.1, 0.15) is 5.56 Å². The Morgan fingerprint density at radius 1 is 1.20 bits per heavy atom. The second-order valence-corrected chi connectivity index (χ2v) is 8.40. The second kappa shape index (κ2) is 7.99. The lowest BCUT2D eigenvalue weighted by Gasteiger charge is -2.18. The van der Waals surface area contributed by atoms with Gasteiger partial charge in [-0.25, -0.2) is 8.42 Å². The summed E-state index contributed by atoms with van der Waals surface area (Å²) in [6, 6.07) is 11.9. The zero-order valence-electron chi connectivity index (χ0n) is 14.1. The number of hydrogen-bond donors (Lipinski definition) is 1. The predicted molar refractivity (Wildman–Crippen MR) is 100 cm³/mol. The largest absolute Gasteiger partial charge is 0.495 e. The van der Waals surface area contributed by atoms with Gasteiger partial charge >= 0.3 is 0 Å². The van der Waals surface area contributed by atoms with E-state index in [0.29, 0.717) is 10.2 Å². The molecule has 134 valence electrons. The van der Waals surface area contributed by atoms with Gasteiger partial charge in [0.25, 0.3) is 0 Å². The average Bonchev–Trinajstić information content (AvgIpc) is 2.56. The minimum Gasteiger partial charge on any atom is -0.495 e. The number of nitrogens with one attached hydrogen (secondary N) is 1. The number of carbonyl (C=O) groups is 1. The SMILES string of the molecule is COc1ccc(Br)cc1S(=O)(=O)N(C)CC(=O)Nc1ccc(C)cc1. The number of amides is 1. The Bertz CT molecular complexity index is 867. The molecule has 0 unspecified atom stereocenters. The fourth-order valence-electron chi connectivity index (χ4n) is 2.14. The van der Waals surface area contributed by atoms with Crippen molar-refractivity contribution in [2.24, 2.45) is 0 Å². The summed E-state index contributed by atoms with van der Waals surface area (Å²) in [5.74, 6) is -0.210. The number of carbonyl (C=O) groups excluding carboxylic acids is 1. The first-order valence-electron chi connectivity index (χ1n) is 7.40. The first kappa shape index (κ1) is 19.4. The maximum atomic E-state index is 12.7. The molecule has 0 aliphatic carbocycles. The summed E-state index contributed by atoms with van der Waals surface area (Å²) in [6.45, 7) is 1.63. The fourth-order valence-corrected chi connectivity index (χ4v) is 3.96. The highest BCUT2D eigenvalue weighted by Crippen LogP contribution is 2.29. The standard InChI is InChI=1S/C17H19BrN2O4S/c1-12-4-7-14(8-5-12)19-17(21)11-20(2)25(22,23)16-10-13(18)6-9-15(16)24-3/h4-10H,11H2,1-3H3,(H,19,21). The van der Waals surface area contributed by atoms with E-state index in [-0.39, 0.29) is 17.2 Å². The maximum absolute atomic E-state index is 12.7. The van der Waals surface area contributed by atoms with Gasteiger partial charge in [-0.1, -0.05) is 33.6 Å². The summed E-state index contributed by atoms with van der Waals surface area (Å²) in [5.41, 5.74) is 1.68. The molecule has 0 heterocycles. The Labute approximate surface area is 156 Å². The number of aryl methyl sites for hydroxylation is 1. The monoisotopic (exact) mass is 426 g/mol. The van der Waals surface area contributed by atoms with Crippen LogP contribution in [0.3, 0.4) is 0 Å². The first-order chi connectivity index (χ1) is 11.7. The summed E-state index contributed by atoms with van der Waals surface area (Å²) >= 11 is 3.25. The molecule has 2 aromatic rings. The lowest BCUT2D eigenvalue weighted by molar-refractivity contribution is -0.116. The lowest BCUT2D eigenvalue weighted by atomic mass is 10.2. The number of benzene rings is 2. The fraction of sp³-hybridized carbons (Fsp3) is 0.235. The molecule has 6 nitrogen and oxygen atoms in total. The minimum atomic E-state index is -3.88. The second-order valence-electron chi connectivity index (χ2n) is 5.47. The molecule has 0 atom stereocenters. The third-order valence-corrected chi connectivity index (χ3v) is 5.83. The van der Waals surface area contributed by atoms with E-state index in [0.717, 1.165) is 9.87 Å². The highest BCUT2D eigenvalue weighted by molar-refractivity contribution is 9.10. The van der Waals surface area contributed by atoms with Crippen LogP contribution in [-0.4, -0.2) is 39.3 Å². The van der Waals surface area contributed by atoms with Gasteiger partial charge in [0.1, 0.15) is 10.6 Å². The number of anilines is 1. The van der Waals surface area contributed by atoms with Crippen molar-refractivity contribution in [2.75, 3.05) is 26.0 Å². The van der Waals surface area contributed by atoms with Crippen LogP contribution in [0.15, 0.2) is 51.8 Å². The summed E-state index contributed by atoms with van der Waals surface area (Å²) in [7, 11) is -1.13. The van der Waals surface area contributed by atoms with Gasteiger partial charge in [0, 0.05) is 17.2 Å². The van der Waals surface area contributed by atoms with Gasteiger partial charge in [-0.3, -0.25) is 4.79 Å². The number of sulfonamides is 1. The van der Waals surface area contributed by atoms with Crippen molar-refractivity contribution < 1.29 is 17.9 Å². The molecule has 25 heavy (non-hydrogen) atoms. The molecule has 0 saturated carbocycles. The molecule has 1 N–H and O–H groups in total. The molecular formula is C17H19BrN2O4S. The van der Waals surface area contributed by atoms with Crippen molar-refractivity contribution in [3.05, 3.63) is 52.5 Å². The minimum absolute atomic E-state index is 0.00462. The van der Waals surface area contributed by atoms with Crippen molar-refractivity contribution in [3.8, 4) is 5.75 Å². The molecule has 0 bridgehead atoms. The zero-order valence-corrected chi connectivity index (χ0v) is 16.5. The Hall–Kier alpha value is -1.90. The highest BCUT2D eigenvalue weighted by atomic mass is 79.9. The number of likely N-dealkylation sites (N-methyl/N-ethyl adjacent to an activating group) is 1. The summed E-state index contributed by atoms with van der Waals surface area (Å²) < 4.78 is 32.2. The van der Waals surface area contributed by atoms with E-state index in [9.17, 15) is 13.2 Å². The number of nitrogens with zero attached hydrogens (tertiary/aromatic N) is 1. The molecule has 2 rings (SSSR count). The van der Waals surface area contributed by atoms with Gasteiger partial charge in [0.05, 0.1) is 13.7 Å². The third-order valence-electron chi connectivity index (χ3n) is 3.52. The van der Waals surface area contributed by atoms with Crippen molar-refractivity contribution >= 4 is 37.5 Å². The molecule has 0 saturated heterocycles. The van der Waals surface area contributed by atoms with Crippen molar-refractivity contribution in [2.45, 2.75) is 11.8 Å². The van der Waals surface area contributed by atoms with Crippen LogP contribution in [-0.2, 0) is 14.8 Å². The van der Waals surface area contributed by atoms with Gasteiger partial charge in [0.15, 0.2) is 0 Å². The van der Waals surface area contributed by atoms with Gasteiger partial charge in [-0.2, -0.15) is 4.31 Å². The van der Waals surface area contributed by atoms with E-state index in [4.69, 9.17) is 4.74 Å². The van der Waals surface area contributed by atoms with Crippen LogP contribution >= 0.6 is 15.9 Å².